The van der Waals surface area contributed by atoms with Gasteiger partial charge in [-0.1, -0.05) is 0 Å². The molecule has 1 aromatic heterocycles. The molecule has 11 heteroatoms. The average molecular weight is 502 g/mol. The van der Waals surface area contributed by atoms with Gasteiger partial charge in [0.15, 0.2) is 0 Å². The van der Waals surface area contributed by atoms with E-state index in [0.29, 0.717) is 43.4 Å². The van der Waals surface area contributed by atoms with Crippen molar-refractivity contribution in [1.29, 1.82) is 0 Å². The zero-order chi connectivity index (χ0) is 25.0. The second-order valence-electron chi connectivity index (χ2n) is 9.54. The van der Waals surface area contributed by atoms with Crippen LogP contribution in [0.2, 0.25) is 0 Å². The number of carbonyl (C=O) groups excluding carboxylic acids is 1. The fourth-order valence-electron chi connectivity index (χ4n) is 4.61. The molecule has 0 bridgehead atoms. The van der Waals surface area contributed by atoms with Gasteiger partial charge in [-0.25, -0.2) is 17.7 Å². The molecule has 0 unspecified atom stereocenters. The maximum Gasteiger partial charge on any atom is 0.251 e. The van der Waals surface area contributed by atoms with Crippen molar-refractivity contribution in [3.63, 3.8) is 0 Å². The molecule has 2 aliphatic rings. The monoisotopic (exact) mass is 501 g/mol. The average Bonchev–Trinajstić information content (AvgIpc) is 2.84. The summed E-state index contributed by atoms with van der Waals surface area (Å²) in [5.74, 6) is 1.28. The zero-order valence-corrected chi connectivity index (χ0v) is 21.5. The molecule has 2 N–H and O–H groups in total. The molecule has 0 spiro atoms. The Morgan fingerprint density at radius 2 is 1.66 bits per heavy atom. The predicted molar refractivity (Wildman–Crippen MR) is 138 cm³/mol. The molecule has 1 aromatic carbocycles. The van der Waals surface area contributed by atoms with Gasteiger partial charge >= 0.3 is 0 Å². The highest BCUT2D eigenvalue weighted by atomic mass is 32.2. The predicted octanol–water partition coefficient (Wildman–Crippen LogP) is 1.90. The number of aromatic nitrogens is 2. The molecule has 0 saturated carbocycles. The van der Waals surface area contributed by atoms with Gasteiger partial charge < -0.3 is 20.4 Å². The van der Waals surface area contributed by atoms with Crippen LogP contribution in [0.15, 0.2) is 36.5 Å². The normalized spacial score (nSPS) is 18.6. The quantitative estimate of drug-likeness (QED) is 0.592. The summed E-state index contributed by atoms with van der Waals surface area (Å²) < 4.78 is 24.8. The molecule has 2 aromatic rings. The van der Waals surface area contributed by atoms with E-state index in [2.05, 4.69) is 44.5 Å². The Kier molecular flexibility index (Phi) is 7.88. The summed E-state index contributed by atoms with van der Waals surface area (Å²) in [7, 11) is 1.08. The number of hydrogen-bond donors (Lipinski definition) is 2. The van der Waals surface area contributed by atoms with E-state index in [4.69, 9.17) is 0 Å². The Morgan fingerprint density at radius 3 is 2.26 bits per heavy atom. The van der Waals surface area contributed by atoms with Crippen molar-refractivity contribution >= 4 is 33.4 Å². The number of nitrogens with one attached hydrogen (secondary N) is 2. The lowest BCUT2D eigenvalue weighted by molar-refractivity contribution is 0.0924. The molecule has 2 saturated heterocycles. The van der Waals surface area contributed by atoms with Crippen molar-refractivity contribution in [2.24, 2.45) is 0 Å². The van der Waals surface area contributed by atoms with Gasteiger partial charge in [-0.15, -0.1) is 0 Å². The Hall–Kier alpha value is -2.76. The summed E-state index contributed by atoms with van der Waals surface area (Å²) >= 11 is 0. The molecule has 0 aliphatic carbocycles. The largest absolute Gasteiger partial charge is 0.349 e. The van der Waals surface area contributed by atoms with Crippen LogP contribution in [-0.4, -0.2) is 92.1 Å². The fraction of sp³-hybridized carbons (Fsp3) is 0.542. The molecule has 35 heavy (non-hydrogen) atoms. The molecular weight excluding hydrogens is 466 g/mol. The molecule has 2 aliphatic heterocycles. The van der Waals surface area contributed by atoms with E-state index < -0.39 is 10.0 Å². The van der Waals surface area contributed by atoms with Crippen molar-refractivity contribution in [3.8, 4) is 0 Å². The highest BCUT2D eigenvalue weighted by molar-refractivity contribution is 7.88. The summed E-state index contributed by atoms with van der Waals surface area (Å²) in [6.07, 6.45) is 6.39. The first-order valence-electron chi connectivity index (χ1n) is 12.1. The Balaban J connectivity index is 1.30. The number of nitrogens with zero attached hydrogens (tertiary/aromatic N) is 5. The van der Waals surface area contributed by atoms with Gasteiger partial charge in [0.2, 0.25) is 16.0 Å². The molecule has 1 amide bonds. The number of rotatable bonds is 7. The number of amides is 1. The molecule has 2 fully saturated rings. The van der Waals surface area contributed by atoms with Crippen LogP contribution in [0.4, 0.5) is 17.5 Å². The Bertz CT molecular complexity index is 1110. The molecule has 10 nitrogen and oxygen atoms in total. The molecule has 4 rings (SSSR count). The first-order valence-corrected chi connectivity index (χ1v) is 13.9. The highest BCUT2D eigenvalue weighted by Gasteiger charge is 2.26. The molecule has 0 radical (unpaired) electrons. The van der Waals surface area contributed by atoms with Crippen molar-refractivity contribution in [3.05, 3.63) is 42.1 Å². The lowest BCUT2D eigenvalue weighted by Gasteiger charge is -2.35. The van der Waals surface area contributed by atoms with E-state index in [1.54, 1.807) is 18.3 Å². The third-order valence-electron chi connectivity index (χ3n) is 6.80. The number of benzene rings is 1. The van der Waals surface area contributed by atoms with Crippen LogP contribution in [0.1, 0.15) is 36.0 Å². The minimum atomic E-state index is -3.18. The standard InChI is InChI=1S/C24H35N7O3S/c1-29(2)21-11-14-30(15-12-21)24-25-13-8-22(28-24)26-19-6-4-18(5-7-19)23(32)27-20-9-16-31(17-10-20)35(3,33)34/h4-8,13,20-21H,9-12,14-17H2,1-3H3,(H,27,32)(H,25,26,28). The number of piperidine rings is 2. The second-order valence-corrected chi connectivity index (χ2v) is 11.5. The summed E-state index contributed by atoms with van der Waals surface area (Å²) in [6.45, 7) is 2.73. The van der Waals surface area contributed by atoms with E-state index in [0.717, 1.165) is 37.6 Å². The van der Waals surface area contributed by atoms with Gasteiger partial charge in [-0.2, -0.15) is 4.98 Å². The minimum absolute atomic E-state index is 0.0273. The smallest absolute Gasteiger partial charge is 0.251 e. The van der Waals surface area contributed by atoms with Crippen LogP contribution in [0.25, 0.3) is 0 Å². The van der Waals surface area contributed by atoms with E-state index >= 15 is 0 Å². The maximum absolute atomic E-state index is 12.7. The zero-order valence-electron chi connectivity index (χ0n) is 20.6. The van der Waals surface area contributed by atoms with E-state index in [1.807, 2.05) is 18.2 Å². The third kappa shape index (κ3) is 6.68. The van der Waals surface area contributed by atoms with Gasteiger partial charge in [-0.05, 0) is 70.1 Å². The number of sulfonamides is 1. The summed E-state index contributed by atoms with van der Waals surface area (Å²) in [4.78, 5) is 26.3. The topological polar surface area (TPSA) is 111 Å². The number of hydrogen-bond acceptors (Lipinski definition) is 8. The van der Waals surface area contributed by atoms with Crippen LogP contribution in [0.5, 0.6) is 0 Å². The van der Waals surface area contributed by atoms with Gasteiger partial charge in [-0.3, -0.25) is 4.79 Å². The minimum Gasteiger partial charge on any atom is -0.349 e. The van der Waals surface area contributed by atoms with Crippen molar-refractivity contribution < 1.29 is 13.2 Å². The number of anilines is 3. The van der Waals surface area contributed by atoms with Gasteiger partial charge in [0.05, 0.1) is 6.26 Å². The van der Waals surface area contributed by atoms with Crippen molar-refractivity contribution in [2.75, 3.05) is 56.7 Å². The second kappa shape index (κ2) is 10.9. The summed E-state index contributed by atoms with van der Waals surface area (Å²) in [5, 5.41) is 6.32. The van der Waals surface area contributed by atoms with Crippen molar-refractivity contribution in [1.82, 2.24) is 24.5 Å². The van der Waals surface area contributed by atoms with E-state index in [1.165, 1.54) is 10.6 Å². The fourth-order valence-corrected chi connectivity index (χ4v) is 5.48. The van der Waals surface area contributed by atoms with Crippen LogP contribution in [-0.2, 0) is 10.0 Å². The van der Waals surface area contributed by atoms with Gasteiger partial charge in [0, 0.05) is 55.7 Å². The van der Waals surface area contributed by atoms with Crippen LogP contribution < -0.4 is 15.5 Å². The maximum atomic E-state index is 12.7. The molecule has 3 heterocycles. The third-order valence-corrected chi connectivity index (χ3v) is 8.10. The van der Waals surface area contributed by atoms with E-state index in [9.17, 15) is 13.2 Å². The summed E-state index contributed by atoms with van der Waals surface area (Å²) in [5.41, 5.74) is 1.40. The Labute approximate surface area is 207 Å². The summed E-state index contributed by atoms with van der Waals surface area (Å²) in [6, 6.07) is 9.66. The first-order chi connectivity index (χ1) is 16.7. The Morgan fingerprint density at radius 1 is 1.00 bits per heavy atom. The van der Waals surface area contributed by atoms with Crippen LogP contribution >= 0.6 is 0 Å². The van der Waals surface area contributed by atoms with Gasteiger partial charge in [0.25, 0.3) is 5.91 Å². The number of carbonyl (C=O) groups is 1. The SMILES string of the molecule is CN(C)C1CCN(c2nccc(Nc3ccc(C(=O)NC4CCN(S(C)(=O)=O)CC4)cc3)n2)CC1. The van der Waals surface area contributed by atoms with E-state index in [-0.39, 0.29) is 11.9 Å². The molecule has 0 atom stereocenters. The van der Waals surface area contributed by atoms with Gasteiger partial charge in [0.1, 0.15) is 5.82 Å². The first kappa shape index (κ1) is 25.3. The lowest BCUT2D eigenvalue weighted by Crippen LogP contribution is -2.46. The van der Waals surface area contributed by atoms with Crippen LogP contribution in [0, 0.1) is 0 Å². The molecular formula is C24H35N7O3S. The highest BCUT2D eigenvalue weighted by Crippen LogP contribution is 2.21. The van der Waals surface area contributed by atoms with Crippen LogP contribution in [0.3, 0.4) is 0 Å². The molecule has 190 valence electrons. The lowest BCUT2D eigenvalue weighted by atomic mass is 10.0. The van der Waals surface area contributed by atoms with Crippen molar-refractivity contribution in [2.45, 2.75) is 37.8 Å².